The third-order valence-corrected chi connectivity index (χ3v) is 2.65. The lowest BCUT2D eigenvalue weighted by molar-refractivity contribution is -0.125. The molecule has 0 aliphatic heterocycles. The van der Waals surface area contributed by atoms with Gasteiger partial charge in [-0.3, -0.25) is 4.79 Å². The molecule has 1 aliphatic carbocycles. The summed E-state index contributed by atoms with van der Waals surface area (Å²) < 4.78 is 0. The molecule has 2 heteroatoms. The average molecular weight is 181 g/mol. The van der Waals surface area contributed by atoms with Crippen molar-refractivity contribution in [2.24, 2.45) is 5.92 Å². The molecule has 0 unspecified atom stereocenters. The average Bonchev–Trinajstić information content (AvgIpc) is 2.42. The van der Waals surface area contributed by atoms with E-state index in [1.807, 2.05) is 0 Å². The van der Waals surface area contributed by atoms with Gasteiger partial charge >= 0.3 is 0 Å². The van der Waals surface area contributed by atoms with Crippen LogP contribution in [0.15, 0.2) is 12.7 Å². The van der Waals surface area contributed by atoms with E-state index in [4.69, 9.17) is 0 Å². The largest absolute Gasteiger partial charge is 0.352 e. The predicted molar refractivity (Wildman–Crippen MR) is 54.4 cm³/mol. The SMILES string of the molecule is C=CCNC(=O)C1CCCCCC1. The lowest BCUT2D eigenvalue weighted by atomic mass is 10.00. The highest BCUT2D eigenvalue weighted by Gasteiger charge is 2.18. The first-order valence-electron chi connectivity index (χ1n) is 5.23. The van der Waals surface area contributed by atoms with E-state index in [9.17, 15) is 4.79 Å². The van der Waals surface area contributed by atoms with Crippen LogP contribution in [0, 0.1) is 5.92 Å². The summed E-state index contributed by atoms with van der Waals surface area (Å²) in [4.78, 5) is 11.6. The molecule has 0 spiro atoms. The summed E-state index contributed by atoms with van der Waals surface area (Å²) in [7, 11) is 0. The number of amides is 1. The second-order valence-electron chi connectivity index (χ2n) is 3.72. The highest BCUT2D eigenvalue weighted by atomic mass is 16.1. The first kappa shape index (κ1) is 10.3. The molecule has 1 aliphatic rings. The summed E-state index contributed by atoms with van der Waals surface area (Å²) in [5.74, 6) is 0.490. The van der Waals surface area contributed by atoms with E-state index in [0.29, 0.717) is 6.54 Å². The van der Waals surface area contributed by atoms with Crippen LogP contribution < -0.4 is 5.32 Å². The van der Waals surface area contributed by atoms with Crippen molar-refractivity contribution in [1.82, 2.24) is 5.32 Å². The molecule has 0 bridgehead atoms. The Labute approximate surface area is 80.4 Å². The van der Waals surface area contributed by atoms with Gasteiger partial charge in [0.2, 0.25) is 5.91 Å². The van der Waals surface area contributed by atoms with Gasteiger partial charge in [0.1, 0.15) is 0 Å². The van der Waals surface area contributed by atoms with Gasteiger partial charge in [0.05, 0.1) is 0 Å². The number of carbonyl (C=O) groups excluding carboxylic acids is 1. The number of carbonyl (C=O) groups is 1. The van der Waals surface area contributed by atoms with Crippen LogP contribution in [0.25, 0.3) is 0 Å². The van der Waals surface area contributed by atoms with Gasteiger partial charge in [-0.15, -0.1) is 6.58 Å². The minimum absolute atomic E-state index is 0.224. The van der Waals surface area contributed by atoms with Crippen LogP contribution in [0.1, 0.15) is 38.5 Å². The molecule has 1 N–H and O–H groups in total. The van der Waals surface area contributed by atoms with Gasteiger partial charge < -0.3 is 5.32 Å². The van der Waals surface area contributed by atoms with Gasteiger partial charge in [-0.2, -0.15) is 0 Å². The molecule has 13 heavy (non-hydrogen) atoms. The van der Waals surface area contributed by atoms with E-state index in [2.05, 4.69) is 11.9 Å². The Bertz CT molecular complexity index is 169. The maximum atomic E-state index is 11.6. The molecule has 0 atom stereocenters. The molecule has 0 aromatic heterocycles. The van der Waals surface area contributed by atoms with Crippen molar-refractivity contribution >= 4 is 5.91 Å². The molecular weight excluding hydrogens is 162 g/mol. The summed E-state index contributed by atoms with van der Waals surface area (Å²) in [6.45, 7) is 4.19. The Kier molecular flexibility index (Phi) is 4.58. The van der Waals surface area contributed by atoms with Crippen molar-refractivity contribution in [3.8, 4) is 0 Å². The topological polar surface area (TPSA) is 29.1 Å². The highest BCUT2D eigenvalue weighted by Crippen LogP contribution is 2.22. The van der Waals surface area contributed by atoms with Crippen LogP contribution in [-0.4, -0.2) is 12.5 Å². The zero-order chi connectivity index (χ0) is 9.52. The fourth-order valence-electron chi connectivity index (χ4n) is 1.86. The third kappa shape index (κ3) is 3.62. The van der Waals surface area contributed by atoms with E-state index in [1.165, 1.54) is 25.7 Å². The summed E-state index contributed by atoms with van der Waals surface area (Å²) in [5, 5.41) is 2.87. The molecule has 1 amide bonds. The zero-order valence-electron chi connectivity index (χ0n) is 8.22. The van der Waals surface area contributed by atoms with Gasteiger partial charge in [0.15, 0.2) is 0 Å². The maximum absolute atomic E-state index is 11.6. The van der Waals surface area contributed by atoms with Crippen LogP contribution in [0.4, 0.5) is 0 Å². The zero-order valence-corrected chi connectivity index (χ0v) is 8.22. The number of hydrogen-bond acceptors (Lipinski definition) is 1. The van der Waals surface area contributed by atoms with Gasteiger partial charge in [0, 0.05) is 12.5 Å². The fourth-order valence-corrected chi connectivity index (χ4v) is 1.86. The molecule has 0 aromatic carbocycles. The lowest BCUT2D eigenvalue weighted by Crippen LogP contribution is -2.30. The third-order valence-electron chi connectivity index (χ3n) is 2.65. The van der Waals surface area contributed by atoms with Crippen molar-refractivity contribution in [2.45, 2.75) is 38.5 Å². The number of nitrogens with one attached hydrogen (secondary N) is 1. The Balaban J connectivity index is 2.30. The van der Waals surface area contributed by atoms with E-state index in [0.717, 1.165) is 12.8 Å². The predicted octanol–water partition coefficient (Wildman–Crippen LogP) is 2.26. The van der Waals surface area contributed by atoms with Crippen molar-refractivity contribution < 1.29 is 4.79 Å². The van der Waals surface area contributed by atoms with Crippen LogP contribution in [0.3, 0.4) is 0 Å². The van der Waals surface area contributed by atoms with E-state index in [-0.39, 0.29) is 11.8 Å². The number of hydrogen-bond donors (Lipinski definition) is 1. The van der Waals surface area contributed by atoms with Gasteiger partial charge in [-0.1, -0.05) is 31.8 Å². The van der Waals surface area contributed by atoms with Gasteiger partial charge in [0.25, 0.3) is 0 Å². The monoisotopic (exact) mass is 181 g/mol. The quantitative estimate of drug-likeness (QED) is 0.525. The number of rotatable bonds is 3. The summed E-state index contributed by atoms with van der Waals surface area (Å²) in [5.41, 5.74) is 0. The van der Waals surface area contributed by atoms with E-state index < -0.39 is 0 Å². The Morgan fingerprint density at radius 2 is 1.92 bits per heavy atom. The molecule has 0 aromatic rings. The first-order valence-corrected chi connectivity index (χ1v) is 5.23. The molecule has 1 rings (SSSR count). The second-order valence-corrected chi connectivity index (χ2v) is 3.72. The van der Waals surface area contributed by atoms with Crippen LogP contribution in [0.5, 0.6) is 0 Å². The van der Waals surface area contributed by atoms with Crippen LogP contribution in [-0.2, 0) is 4.79 Å². The van der Waals surface area contributed by atoms with Crippen LogP contribution in [0.2, 0.25) is 0 Å². The molecule has 0 saturated heterocycles. The van der Waals surface area contributed by atoms with Crippen molar-refractivity contribution in [1.29, 1.82) is 0 Å². The molecular formula is C11H19NO. The van der Waals surface area contributed by atoms with Crippen molar-refractivity contribution in [3.63, 3.8) is 0 Å². The minimum Gasteiger partial charge on any atom is -0.352 e. The molecule has 2 nitrogen and oxygen atoms in total. The van der Waals surface area contributed by atoms with Crippen molar-refractivity contribution in [3.05, 3.63) is 12.7 Å². The Morgan fingerprint density at radius 3 is 2.46 bits per heavy atom. The molecule has 0 radical (unpaired) electrons. The van der Waals surface area contributed by atoms with E-state index >= 15 is 0 Å². The summed E-state index contributed by atoms with van der Waals surface area (Å²) in [6, 6.07) is 0. The van der Waals surface area contributed by atoms with E-state index in [1.54, 1.807) is 6.08 Å². The van der Waals surface area contributed by atoms with Crippen LogP contribution >= 0.6 is 0 Å². The Morgan fingerprint density at radius 1 is 1.31 bits per heavy atom. The molecule has 1 fully saturated rings. The summed E-state index contributed by atoms with van der Waals surface area (Å²) in [6.07, 6.45) is 8.90. The fraction of sp³-hybridized carbons (Fsp3) is 0.727. The lowest BCUT2D eigenvalue weighted by Gasteiger charge is -2.12. The molecule has 1 saturated carbocycles. The molecule has 0 heterocycles. The standard InChI is InChI=1S/C11H19NO/c1-2-9-12-11(13)10-7-5-3-4-6-8-10/h2,10H,1,3-9H2,(H,12,13). The summed E-state index contributed by atoms with van der Waals surface area (Å²) >= 11 is 0. The normalized spacial score (nSPS) is 19.1. The molecule has 74 valence electrons. The maximum Gasteiger partial charge on any atom is 0.223 e. The first-order chi connectivity index (χ1) is 6.34. The highest BCUT2D eigenvalue weighted by molar-refractivity contribution is 5.78. The second kappa shape index (κ2) is 5.79. The van der Waals surface area contributed by atoms with Gasteiger partial charge in [-0.25, -0.2) is 0 Å². The smallest absolute Gasteiger partial charge is 0.223 e. The van der Waals surface area contributed by atoms with Gasteiger partial charge in [-0.05, 0) is 12.8 Å². The van der Waals surface area contributed by atoms with Crippen molar-refractivity contribution in [2.75, 3.05) is 6.54 Å². The minimum atomic E-state index is 0.224. The Hall–Kier alpha value is -0.790.